The van der Waals surface area contributed by atoms with E-state index in [1.165, 1.54) is 31.6 Å². The summed E-state index contributed by atoms with van der Waals surface area (Å²) in [6, 6.07) is 6.19. The molecular formula is C25H30N6O5. The fraction of sp³-hybridized carbons (Fsp3) is 0.440. The summed E-state index contributed by atoms with van der Waals surface area (Å²) in [5, 5.41) is 5.94. The van der Waals surface area contributed by atoms with Gasteiger partial charge in [0, 0.05) is 13.1 Å². The van der Waals surface area contributed by atoms with Gasteiger partial charge in [-0.3, -0.25) is 4.79 Å². The molecule has 1 amide bonds. The van der Waals surface area contributed by atoms with Crippen molar-refractivity contribution in [1.29, 1.82) is 0 Å². The zero-order valence-electron chi connectivity index (χ0n) is 21.0. The lowest BCUT2D eigenvalue weighted by Gasteiger charge is -2.36. The second kappa shape index (κ2) is 9.30. The van der Waals surface area contributed by atoms with Crippen molar-refractivity contribution in [3.8, 4) is 23.6 Å². The fourth-order valence-electron chi connectivity index (χ4n) is 4.60. The number of methoxy groups -OCH3 is 2. The highest BCUT2D eigenvalue weighted by Crippen LogP contribution is 2.40. The minimum absolute atomic E-state index is 0.0234. The molecule has 1 saturated heterocycles. The fourth-order valence-corrected chi connectivity index (χ4v) is 4.60. The van der Waals surface area contributed by atoms with Crippen molar-refractivity contribution < 1.29 is 23.4 Å². The van der Waals surface area contributed by atoms with E-state index in [4.69, 9.17) is 18.6 Å². The number of carbonyl (C=O) groups is 1. The lowest BCUT2D eigenvalue weighted by Crippen LogP contribution is -2.52. The van der Waals surface area contributed by atoms with E-state index in [0.29, 0.717) is 11.7 Å². The van der Waals surface area contributed by atoms with Crippen molar-refractivity contribution in [2.24, 2.45) is 0 Å². The third kappa shape index (κ3) is 4.66. The molecule has 5 rings (SSSR count). The number of fused-ring (bicyclic) bond motifs is 1. The molecule has 0 saturated carbocycles. The zero-order valence-corrected chi connectivity index (χ0v) is 21.0. The van der Waals surface area contributed by atoms with Gasteiger partial charge < -0.3 is 34.2 Å². The van der Waals surface area contributed by atoms with Crippen LogP contribution in [0.3, 0.4) is 0 Å². The van der Waals surface area contributed by atoms with Gasteiger partial charge in [-0.15, -0.1) is 0 Å². The molecule has 11 nitrogen and oxygen atoms in total. The van der Waals surface area contributed by atoms with E-state index < -0.39 is 5.91 Å². The van der Waals surface area contributed by atoms with Crippen LogP contribution in [0.15, 0.2) is 28.9 Å². The first-order valence-corrected chi connectivity index (χ1v) is 11.8. The quantitative estimate of drug-likeness (QED) is 0.481. The zero-order chi connectivity index (χ0) is 25.4. The summed E-state index contributed by atoms with van der Waals surface area (Å²) < 4.78 is 22.0. The number of hydrogen-bond donors (Lipinski definition) is 2. The summed E-state index contributed by atoms with van der Waals surface area (Å²) in [6.07, 6.45) is 3.35. The van der Waals surface area contributed by atoms with E-state index in [9.17, 15) is 4.79 Å². The third-order valence-corrected chi connectivity index (χ3v) is 6.62. The Hall–Kier alpha value is -3.86. The monoisotopic (exact) mass is 494 g/mol. The van der Waals surface area contributed by atoms with Crippen LogP contribution in [0.2, 0.25) is 0 Å². The van der Waals surface area contributed by atoms with Gasteiger partial charge in [-0.05, 0) is 48.6 Å². The normalized spacial score (nSPS) is 16.7. The summed E-state index contributed by atoms with van der Waals surface area (Å²) in [5.74, 6) is 0.729. The molecule has 2 N–H and O–H groups in total. The number of nitrogens with zero attached hydrogens (tertiary/aromatic N) is 4. The molecule has 3 heterocycles. The van der Waals surface area contributed by atoms with E-state index in [1.54, 1.807) is 0 Å². The molecule has 0 atom stereocenters. The van der Waals surface area contributed by atoms with Crippen LogP contribution in [0.5, 0.6) is 23.6 Å². The molecular weight excluding hydrogens is 464 g/mol. The van der Waals surface area contributed by atoms with E-state index >= 15 is 0 Å². The molecule has 2 aliphatic rings. The van der Waals surface area contributed by atoms with Crippen LogP contribution in [0, 0.1) is 0 Å². The summed E-state index contributed by atoms with van der Waals surface area (Å²) >= 11 is 0. The number of likely N-dealkylation sites (tertiary alicyclic amines) is 1. The van der Waals surface area contributed by atoms with Gasteiger partial charge in [-0.2, -0.15) is 15.0 Å². The first kappa shape index (κ1) is 23.9. The molecule has 0 spiro atoms. The lowest BCUT2D eigenvalue weighted by molar-refractivity contribution is 0.102. The first-order valence-electron chi connectivity index (χ1n) is 11.8. The molecule has 3 aromatic rings. The van der Waals surface area contributed by atoms with Crippen molar-refractivity contribution in [2.45, 2.75) is 38.1 Å². The molecule has 1 aliphatic carbocycles. The van der Waals surface area contributed by atoms with E-state index in [-0.39, 0.29) is 40.7 Å². The number of nitrogens with one attached hydrogen (secondary N) is 2. The molecule has 1 fully saturated rings. The van der Waals surface area contributed by atoms with Gasteiger partial charge in [0.15, 0.2) is 11.4 Å². The van der Waals surface area contributed by atoms with Crippen molar-refractivity contribution in [2.75, 3.05) is 45.0 Å². The average Bonchev–Trinajstić information content (AvgIpc) is 3.42. The average molecular weight is 495 g/mol. The molecule has 190 valence electrons. The molecule has 0 unspecified atom stereocenters. The number of oxazole rings is 1. The smallest absolute Gasteiger partial charge is 0.399 e. The molecule has 0 radical (unpaired) electrons. The highest BCUT2D eigenvalue weighted by Gasteiger charge is 2.30. The number of ether oxygens (including phenoxy) is 3. The Balaban J connectivity index is 1.30. The molecule has 1 aromatic carbocycles. The summed E-state index contributed by atoms with van der Waals surface area (Å²) in [4.78, 5) is 28.0. The summed E-state index contributed by atoms with van der Waals surface area (Å²) in [7, 11) is 4.95. The first-order chi connectivity index (χ1) is 17.3. The standard InChI is InChI=1S/C25H30N6O5/c1-25(2)9-8-14-6-7-16(10-17(14)25)36-24-27-18(13-35-24)20(32)28-19-21(33-4)29-23(30-22(19)34-5)26-15-11-31(3)12-15/h6-7,10,13,15H,8-9,11-12H2,1-5H3,(H,28,32)(H,26,29,30). The topological polar surface area (TPSA) is 124 Å². The van der Waals surface area contributed by atoms with Crippen molar-refractivity contribution in [3.05, 3.63) is 41.3 Å². The maximum atomic E-state index is 12.9. The number of aryl methyl sites for hydroxylation is 1. The van der Waals surface area contributed by atoms with Gasteiger partial charge in [0.1, 0.15) is 12.0 Å². The number of likely N-dealkylation sites (N-methyl/N-ethyl adjacent to an activating group) is 1. The number of anilines is 2. The van der Waals surface area contributed by atoms with Gasteiger partial charge in [-0.1, -0.05) is 19.9 Å². The maximum Gasteiger partial charge on any atom is 0.399 e. The van der Waals surface area contributed by atoms with Gasteiger partial charge in [-0.25, -0.2) is 0 Å². The Labute approximate surface area is 209 Å². The second-order valence-corrected chi connectivity index (χ2v) is 9.76. The lowest BCUT2D eigenvalue weighted by atomic mass is 9.86. The molecule has 1 aliphatic heterocycles. The number of benzene rings is 1. The number of rotatable bonds is 8. The van der Waals surface area contributed by atoms with Gasteiger partial charge >= 0.3 is 6.08 Å². The van der Waals surface area contributed by atoms with E-state index in [1.807, 2.05) is 19.2 Å². The Morgan fingerprint density at radius 2 is 1.86 bits per heavy atom. The minimum Gasteiger partial charge on any atom is -0.479 e. The van der Waals surface area contributed by atoms with E-state index in [2.05, 4.69) is 50.4 Å². The van der Waals surface area contributed by atoms with Crippen LogP contribution in [-0.2, 0) is 11.8 Å². The highest BCUT2D eigenvalue weighted by atomic mass is 16.6. The van der Waals surface area contributed by atoms with Crippen molar-refractivity contribution >= 4 is 17.5 Å². The number of carbonyl (C=O) groups excluding carboxylic acids is 1. The van der Waals surface area contributed by atoms with Crippen LogP contribution < -0.4 is 24.8 Å². The maximum absolute atomic E-state index is 12.9. The van der Waals surface area contributed by atoms with Crippen LogP contribution in [0.1, 0.15) is 41.9 Å². The van der Waals surface area contributed by atoms with Gasteiger partial charge in [0.2, 0.25) is 17.7 Å². The SMILES string of the molecule is COc1nc(NC2CN(C)C2)nc(OC)c1NC(=O)c1coc(Oc2ccc3c(c2)C(C)(C)CC3)n1. The summed E-state index contributed by atoms with van der Waals surface area (Å²) in [6.45, 7) is 6.20. The molecule has 36 heavy (non-hydrogen) atoms. The van der Waals surface area contributed by atoms with E-state index in [0.717, 1.165) is 25.9 Å². The number of amides is 1. The number of aromatic nitrogens is 3. The predicted molar refractivity (Wildman–Crippen MR) is 132 cm³/mol. The van der Waals surface area contributed by atoms with Crippen molar-refractivity contribution in [1.82, 2.24) is 19.9 Å². The molecule has 0 bridgehead atoms. The Morgan fingerprint density at radius 1 is 1.14 bits per heavy atom. The highest BCUT2D eigenvalue weighted by molar-refractivity contribution is 6.04. The Bertz CT molecular complexity index is 1260. The van der Waals surface area contributed by atoms with Crippen molar-refractivity contribution in [3.63, 3.8) is 0 Å². The Morgan fingerprint density at radius 3 is 2.53 bits per heavy atom. The molecule has 11 heteroatoms. The van der Waals surface area contributed by atoms with Crippen LogP contribution in [0.4, 0.5) is 11.6 Å². The largest absolute Gasteiger partial charge is 0.479 e. The molecule has 2 aromatic heterocycles. The van der Waals surface area contributed by atoms with Crippen LogP contribution in [-0.4, -0.2) is 66.2 Å². The van der Waals surface area contributed by atoms with Crippen LogP contribution >= 0.6 is 0 Å². The summed E-state index contributed by atoms with van der Waals surface area (Å²) in [5.41, 5.74) is 2.88. The third-order valence-electron chi connectivity index (χ3n) is 6.62. The van der Waals surface area contributed by atoms with Crippen LogP contribution in [0.25, 0.3) is 0 Å². The predicted octanol–water partition coefficient (Wildman–Crippen LogP) is 3.48. The minimum atomic E-state index is -0.551. The number of hydrogen-bond acceptors (Lipinski definition) is 10. The van der Waals surface area contributed by atoms with Gasteiger partial charge in [0.05, 0.1) is 20.3 Å². The Kier molecular flexibility index (Phi) is 6.17. The van der Waals surface area contributed by atoms with Gasteiger partial charge in [0.25, 0.3) is 5.91 Å². The second-order valence-electron chi connectivity index (χ2n) is 9.76.